The zero-order valence-electron chi connectivity index (χ0n) is 13.7. The molecule has 1 saturated carbocycles. The quantitative estimate of drug-likeness (QED) is 0.821. The van der Waals surface area contributed by atoms with Crippen LogP contribution in [-0.4, -0.2) is 32.6 Å². The Bertz CT molecular complexity index is 790. The van der Waals surface area contributed by atoms with Gasteiger partial charge in [-0.25, -0.2) is 4.99 Å². The number of aliphatic imine (C=N–C) groups is 1. The molecule has 2 aliphatic rings. The van der Waals surface area contributed by atoms with Crippen LogP contribution in [-0.2, 0) is 9.47 Å². The zero-order valence-corrected chi connectivity index (χ0v) is 13.7. The summed E-state index contributed by atoms with van der Waals surface area (Å²) in [4.78, 5) is 4.19. The van der Waals surface area contributed by atoms with Gasteiger partial charge in [-0.2, -0.15) is 10.5 Å². The second-order valence-electron chi connectivity index (χ2n) is 5.73. The van der Waals surface area contributed by atoms with Crippen LogP contribution in [0.25, 0.3) is 0 Å². The fourth-order valence-electron chi connectivity index (χ4n) is 3.99. The van der Waals surface area contributed by atoms with E-state index in [1.807, 2.05) is 25.1 Å². The largest absolute Gasteiger partial charge is 0.494 e. The van der Waals surface area contributed by atoms with Crippen LogP contribution in [0.15, 0.2) is 29.3 Å². The molecule has 0 unspecified atom stereocenters. The van der Waals surface area contributed by atoms with E-state index in [4.69, 9.17) is 19.9 Å². The van der Waals surface area contributed by atoms with Crippen LogP contribution >= 0.6 is 0 Å². The van der Waals surface area contributed by atoms with E-state index in [-0.39, 0.29) is 5.84 Å². The van der Waals surface area contributed by atoms with Crippen LogP contribution in [0, 0.1) is 33.5 Å². The van der Waals surface area contributed by atoms with E-state index in [0.717, 1.165) is 5.56 Å². The van der Waals surface area contributed by atoms with Crippen molar-refractivity contribution in [2.45, 2.75) is 18.8 Å². The maximum atomic E-state index is 10.0. The maximum absolute atomic E-state index is 10.0. The minimum atomic E-state index is -1.62. The van der Waals surface area contributed by atoms with Gasteiger partial charge in [-0.3, -0.25) is 0 Å². The van der Waals surface area contributed by atoms with Gasteiger partial charge in [-0.1, -0.05) is 18.2 Å². The molecule has 0 radical (unpaired) electrons. The number of benzene rings is 1. The summed E-state index contributed by atoms with van der Waals surface area (Å²) in [6.07, 6.45) is 0. The predicted octanol–water partition coefficient (Wildman–Crippen LogP) is 1.52. The number of nitriles is 2. The molecule has 1 aliphatic heterocycles. The second kappa shape index (κ2) is 5.20. The number of hydrogen-bond acceptors (Lipinski definition) is 7. The summed E-state index contributed by atoms with van der Waals surface area (Å²) in [5.74, 6) is -1.52. The predicted molar refractivity (Wildman–Crippen MR) is 84.8 cm³/mol. The van der Waals surface area contributed by atoms with Gasteiger partial charge in [-0.05, 0) is 13.0 Å². The lowest BCUT2D eigenvalue weighted by atomic mass is 9.93. The van der Waals surface area contributed by atoms with Crippen molar-refractivity contribution in [3.05, 3.63) is 29.8 Å². The van der Waals surface area contributed by atoms with Gasteiger partial charge >= 0.3 is 0 Å². The number of nitrogens with two attached hydrogens (primary N) is 1. The van der Waals surface area contributed by atoms with Crippen LogP contribution in [0.4, 0.5) is 0 Å². The van der Waals surface area contributed by atoms with E-state index in [9.17, 15) is 10.5 Å². The van der Waals surface area contributed by atoms with E-state index in [1.165, 1.54) is 14.2 Å². The summed E-state index contributed by atoms with van der Waals surface area (Å²) in [6.45, 7) is 2.33. The molecule has 24 heavy (non-hydrogen) atoms. The number of para-hydroxylation sites is 1. The number of fused-ring (bicyclic) bond motifs is 1. The smallest absolute Gasteiger partial charge is 0.292 e. The summed E-state index contributed by atoms with van der Waals surface area (Å²) in [6, 6.07) is 11.7. The van der Waals surface area contributed by atoms with Crippen molar-refractivity contribution < 1.29 is 14.2 Å². The summed E-state index contributed by atoms with van der Waals surface area (Å²) in [5, 5.41) is 19.9. The number of amidine groups is 1. The summed E-state index contributed by atoms with van der Waals surface area (Å²) in [5.41, 5.74) is 4.13. The number of rotatable bonds is 5. The van der Waals surface area contributed by atoms with E-state index in [0.29, 0.717) is 12.4 Å². The third-order valence-corrected chi connectivity index (χ3v) is 5.01. The molecular formula is C17H18N4O3. The van der Waals surface area contributed by atoms with Crippen molar-refractivity contribution >= 4 is 5.84 Å². The molecule has 0 amide bonds. The zero-order chi connectivity index (χ0) is 17.6. The molecule has 1 fully saturated rings. The SMILES string of the molecule is CCOc1ccccc1[C@H]1[C@@]2(C#N)C(OC)(OC)N=C(N)[C@]12C#N. The number of ether oxygens (including phenoxy) is 3. The highest BCUT2D eigenvalue weighted by molar-refractivity contribution is 6.00. The number of hydrogen-bond donors (Lipinski definition) is 1. The van der Waals surface area contributed by atoms with E-state index >= 15 is 0 Å². The average Bonchev–Trinajstić information content (AvgIpc) is 3.18. The van der Waals surface area contributed by atoms with E-state index in [2.05, 4.69) is 17.1 Å². The van der Waals surface area contributed by atoms with Crippen LogP contribution in [0.1, 0.15) is 18.4 Å². The molecule has 0 aromatic heterocycles. The lowest BCUT2D eigenvalue weighted by Crippen LogP contribution is -2.41. The molecule has 0 bridgehead atoms. The van der Waals surface area contributed by atoms with Crippen molar-refractivity contribution in [3.63, 3.8) is 0 Å². The highest BCUT2D eigenvalue weighted by Gasteiger charge is 2.93. The normalized spacial score (nSPS) is 32.2. The topological polar surface area (TPSA) is 114 Å². The number of nitrogens with zero attached hydrogens (tertiary/aromatic N) is 3. The lowest BCUT2D eigenvalue weighted by molar-refractivity contribution is -0.230. The van der Waals surface area contributed by atoms with Crippen molar-refractivity contribution in [1.29, 1.82) is 10.5 Å². The second-order valence-corrected chi connectivity index (χ2v) is 5.73. The maximum Gasteiger partial charge on any atom is 0.292 e. The molecule has 1 heterocycles. The fourth-order valence-corrected chi connectivity index (χ4v) is 3.99. The van der Waals surface area contributed by atoms with Gasteiger partial charge in [0.15, 0.2) is 5.41 Å². The van der Waals surface area contributed by atoms with E-state index in [1.54, 1.807) is 6.07 Å². The van der Waals surface area contributed by atoms with Gasteiger partial charge in [0.2, 0.25) is 0 Å². The molecule has 2 N–H and O–H groups in total. The Morgan fingerprint density at radius 3 is 2.42 bits per heavy atom. The van der Waals surface area contributed by atoms with Gasteiger partial charge in [0.25, 0.3) is 5.91 Å². The minimum absolute atomic E-state index is 0.0477. The Kier molecular flexibility index (Phi) is 3.52. The first-order chi connectivity index (χ1) is 11.5. The van der Waals surface area contributed by atoms with Gasteiger partial charge in [0.1, 0.15) is 17.0 Å². The molecule has 1 aliphatic carbocycles. The molecule has 0 spiro atoms. The Labute approximate surface area is 140 Å². The van der Waals surface area contributed by atoms with Crippen LogP contribution in [0.2, 0.25) is 0 Å². The van der Waals surface area contributed by atoms with Crippen molar-refractivity contribution in [2.24, 2.45) is 21.6 Å². The minimum Gasteiger partial charge on any atom is -0.494 e. The highest BCUT2D eigenvalue weighted by Crippen LogP contribution is 2.82. The molecule has 3 rings (SSSR count). The van der Waals surface area contributed by atoms with Crippen molar-refractivity contribution in [2.75, 3.05) is 20.8 Å². The molecule has 7 heteroatoms. The summed E-state index contributed by atoms with van der Waals surface area (Å²) >= 11 is 0. The molecular weight excluding hydrogens is 308 g/mol. The van der Waals surface area contributed by atoms with Gasteiger partial charge in [-0.15, -0.1) is 0 Å². The van der Waals surface area contributed by atoms with Crippen molar-refractivity contribution in [3.8, 4) is 17.9 Å². The lowest BCUT2D eigenvalue weighted by Gasteiger charge is -2.29. The molecule has 1 aromatic carbocycles. The van der Waals surface area contributed by atoms with E-state index < -0.39 is 22.7 Å². The average molecular weight is 326 g/mol. The first-order valence-corrected chi connectivity index (χ1v) is 7.55. The van der Waals surface area contributed by atoms with Crippen LogP contribution < -0.4 is 10.5 Å². The molecule has 3 atom stereocenters. The van der Waals surface area contributed by atoms with Crippen molar-refractivity contribution in [1.82, 2.24) is 0 Å². The standard InChI is InChI=1S/C17H18N4O3/c1-4-24-12-8-6-5-7-11(12)13-15(9-18)14(20)21-17(22-2,23-3)16(13,15)10-19/h5-8,13H,4H2,1-3H3,(H2,20,21)/t13-,15+,16-/m1/s1. The number of methoxy groups -OCH3 is 2. The third-order valence-electron chi connectivity index (χ3n) is 5.01. The Morgan fingerprint density at radius 1 is 1.21 bits per heavy atom. The Morgan fingerprint density at radius 2 is 1.88 bits per heavy atom. The highest BCUT2D eigenvalue weighted by atomic mass is 16.7. The molecule has 7 nitrogen and oxygen atoms in total. The summed E-state index contributed by atoms with van der Waals surface area (Å²) < 4.78 is 16.6. The first-order valence-electron chi connectivity index (χ1n) is 7.55. The first kappa shape index (κ1) is 16.3. The molecule has 0 saturated heterocycles. The summed E-state index contributed by atoms with van der Waals surface area (Å²) in [7, 11) is 2.77. The van der Waals surface area contributed by atoms with Crippen LogP contribution in [0.3, 0.4) is 0 Å². The Hall–Kier alpha value is -2.61. The van der Waals surface area contributed by atoms with Crippen LogP contribution in [0.5, 0.6) is 5.75 Å². The Balaban J connectivity index is 2.25. The monoisotopic (exact) mass is 326 g/mol. The van der Waals surface area contributed by atoms with Gasteiger partial charge in [0.05, 0.1) is 18.7 Å². The van der Waals surface area contributed by atoms with Gasteiger partial charge in [0, 0.05) is 25.7 Å². The third kappa shape index (κ3) is 1.49. The fraction of sp³-hybridized carbons (Fsp3) is 0.471. The molecule has 1 aromatic rings. The van der Waals surface area contributed by atoms with Gasteiger partial charge < -0.3 is 19.9 Å². The molecule has 124 valence electrons.